The summed E-state index contributed by atoms with van der Waals surface area (Å²) in [5, 5.41) is 2.97. The van der Waals surface area contributed by atoms with Crippen LogP contribution in [0.4, 0.5) is 13.2 Å². The van der Waals surface area contributed by atoms with Crippen molar-refractivity contribution in [2.75, 3.05) is 6.54 Å². The molecule has 2 aromatic carbocycles. The van der Waals surface area contributed by atoms with Gasteiger partial charge in [-0.25, -0.2) is 5.73 Å². The van der Waals surface area contributed by atoms with Crippen LogP contribution in [0.15, 0.2) is 46.9 Å². The standard InChI is InChI=1S/C28H37BrF3N2O/c1-2-3-4-5-6-7-8-9-10-11-18-34-27(35)23-13-12-22(25(29)19-23)20-26(33)21-14-16-24(17-15-21)28(30,31)32/h12-17,19,26,33H,2-11,18,20H2,1H3,(H,34,35). The average Bonchev–Trinajstić information content (AvgIpc) is 2.83. The molecule has 0 heterocycles. The first-order valence-corrected chi connectivity index (χ1v) is 13.5. The van der Waals surface area contributed by atoms with E-state index in [2.05, 4.69) is 28.2 Å². The van der Waals surface area contributed by atoms with Crippen molar-refractivity contribution >= 4 is 21.8 Å². The van der Waals surface area contributed by atoms with E-state index in [-0.39, 0.29) is 5.91 Å². The predicted molar refractivity (Wildman–Crippen MR) is 139 cm³/mol. The van der Waals surface area contributed by atoms with Crippen LogP contribution in [0.2, 0.25) is 0 Å². The Labute approximate surface area is 216 Å². The highest BCUT2D eigenvalue weighted by atomic mass is 79.9. The second-order valence-corrected chi connectivity index (χ2v) is 9.97. The zero-order valence-corrected chi connectivity index (χ0v) is 22.1. The Hall–Kier alpha value is -1.86. The number of hydrogen-bond donors (Lipinski definition) is 1. The van der Waals surface area contributed by atoms with Crippen molar-refractivity contribution in [3.8, 4) is 0 Å². The fraction of sp³-hybridized carbons (Fsp3) is 0.536. The molecule has 35 heavy (non-hydrogen) atoms. The zero-order valence-electron chi connectivity index (χ0n) is 20.5. The fourth-order valence-electron chi connectivity index (χ4n) is 4.01. The molecule has 0 bridgehead atoms. The molecule has 0 aliphatic heterocycles. The largest absolute Gasteiger partial charge is 0.416 e. The van der Waals surface area contributed by atoms with Crippen molar-refractivity contribution in [1.82, 2.24) is 11.1 Å². The minimum atomic E-state index is -4.39. The highest BCUT2D eigenvalue weighted by Gasteiger charge is 2.30. The first kappa shape index (κ1) is 29.4. The molecule has 2 aromatic rings. The number of amides is 1. The first-order valence-electron chi connectivity index (χ1n) is 12.7. The van der Waals surface area contributed by atoms with E-state index in [1.165, 1.54) is 63.5 Å². The van der Waals surface area contributed by atoms with Crippen molar-refractivity contribution in [3.63, 3.8) is 0 Å². The molecule has 0 saturated heterocycles. The molecular weight excluding hydrogens is 517 g/mol. The molecule has 3 nitrogen and oxygen atoms in total. The molecule has 2 rings (SSSR count). The van der Waals surface area contributed by atoms with Gasteiger partial charge >= 0.3 is 6.18 Å². The van der Waals surface area contributed by atoms with E-state index in [1.54, 1.807) is 18.2 Å². The second kappa shape index (κ2) is 15.3. The molecule has 0 fully saturated rings. The third-order valence-electron chi connectivity index (χ3n) is 6.20. The molecule has 0 saturated carbocycles. The van der Waals surface area contributed by atoms with Crippen molar-refractivity contribution in [2.24, 2.45) is 0 Å². The summed E-state index contributed by atoms with van der Waals surface area (Å²) in [5.41, 5.74) is 9.51. The Morgan fingerprint density at radius 2 is 1.49 bits per heavy atom. The highest BCUT2D eigenvalue weighted by Crippen LogP contribution is 2.31. The number of carbonyl (C=O) groups excluding carboxylic acids is 1. The van der Waals surface area contributed by atoms with Gasteiger partial charge in [0.05, 0.1) is 11.6 Å². The maximum atomic E-state index is 12.7. The lowest BCUT2D eigenvalue weighted by Crippen LogP contribution is -2.24. The highest BCUT2D eigenvalue weighted by molar-refractivity contribution is 9.10. The van der Waals surface area contributed by atoms with E-state index in [0.29, 0.717) is 28.6 Å². The van der Waals surface area contributed by atoms with Crippen molar-refractivity contribution < 1.29 is 18.0 Å². The number of rotatable bonds is 15. The van der Waals surface area contributed by atoms with Gasteiger partial charge in [0.2, 0.25) is 0 Å². The van der Waals surface area contributed by atoms with E-state index in [9.17, 15) is 18.0 Å². The van der Waals surface area contributed by atoms with Crippen molar-refractivity contribution in [3.05, 3.63) is 69.2 Å². The van der Waals surface area contributed by atoms with Gasteiger partial charge in [-0.2, -0.15) is 13.2 Å². The number of halogens is 4. The normalized spacial score (nSPS) is 12.5. The zero-order chi connectivity index (χ0) is 25.7. The molecule has 0 spiro atoms. The SMILES string of the molecule is CCCCCCCCCCCCNC(=O)c1ccc(CC([NH])c2ccc(C(F)(F)F)cc2)c(Br)c1. The molecule has 1 atom stereocenters. The monoisotopic (exact) mass is 553 g/mol. The Balaban J connectivity index is 1.72. The first-order chi connectivity index (χ1) is 16.7. The smallest absolute Gasteiger partial charge is 0.352 e. The van der Waals surface area contributed by atoms with Gasteiger partial charge in [0.15, 0.2) is 0 Å². The summed E-state index contributed by atoms with van der Waals surface area (Å²) in [6.07, 6.45) is 8.43. The molecule has 2 N–H and O–H groups in total. The summed E-state index contributed by atoms with van der Waals surface area (Å²) >= 11 is 3.48. The van der Waals surface area contributed by atoms with E-state index < -0.39 is 17.8 Å². The lowest BCUT2D eigenvalue weighted by molar-refractivity contribution is -0.137. The van der Waals surface area contributed by atoms with Crippen LogP contribution in [-0.4, -0.2) is 12.5 Å². The van der Waals surface area contributed by atoms with Crippen LogP contribution < -0.4 is 11.1 Å². The number of benzene rings is 2. The molecule has 0 aliphatic carbocycles. The third-order valence-corrected chi connectivity index (χ3v) is 6.93. The predicted octanol–water partition coefficient (Wildman–Crippen LogP) is 8.69. The maximum absolute atomic E-state index is 12.7. The minimum absolute atomic E-state index is 0.127. The number of unbranched alkanes of at least 4 members (excludes halogenated alkanes) is 9. The average molecular weight is 555 g/mol. The molecule has 1 amide bonds. The van der Waals surface area contributed by atoms with E-state index in [4.69, 9.17) is 5.73 Å². The summed E-state index contributed by atoms with van der Waals surface area (Å²) in [5.74, 6) is -0.127. The number of carbonyl (C=O) groups is 1. The summed E-state index contributed by atoms with van der Waals surface area (Å²) in [6, 6.07) is 9.28. The van der Waals surface area contributed by atoms with Crippen molar-refractivity contribution in [2.45, 2.75) is 89.8 Å². The molecule has 193 valence electrons. The number of hydrogen-bond acceptors (Lipinski definition) is 1. The number of alkyl halides is 3. The van der Waals surface area contributed by atoms with E-state index >= 15 is 0 Å². The van der Waals surface area contributed by atoms with Gasteiger partial charge in [-0.1, -0.05) is 98.8 Å². The van der Waals surface area contributed by atoms with Gasteiger partial charge in [-0.05, 0) is 48.2 Å². The lowest BCUT2D eigenvalue weighted by atomic mass is 9.98. The topological polar surface area (TPSA) is 52.9 Å². The maximum Gasteiger partial charge on any atom is 0.416 e. The van der Waals surface area contributed by atoms with Gasteiger partial charge in [0, 0.05) is 16.6 Å². The van der Waals surface area contributed by atoms with Gasteiger partial charge < -0.3 is 5.32 Å². The summed E-state index contributed by atoms with van der Waals surface area (Å²) in [6.45, 7) is 2.88. The van der Waals surface area contributed by atoms with Crippen LogP contribution >= 0.6 is 15.9 Å². The van der Waals surface area contributed by atoms with Crippen LogP contribution in [0.25, 0.3) is 0 Å². The Kier molecular flexibility index (Phi) is 12.8. The molecule has 0 aliphatic rings. The molecule has 1 radical (unpaired) electrons. The minimum Gasteiger partial charge on any atom is -0.352 e. The Bertz CT molecular complexity index is 900. The van der Waals surface area contributed by atoms with Crippen LogP contribution in [0.5, 0.6) is 0 Å². The Morgan fingerprint density at radius 3 is 2.03 bits per heavy atom. The second-order valence-electron chi connectivity index (χ2n) is 9.12. The summed E-state index contributed by atoms with van der Waals surface area (Å²) in [7, 11) is 0. The molecule has 1 unspecified atom stereocenters. The van der Waals surface area contributed by atoms with Gasteiger partial charge in [0.1, 0.15) is 0 Å². The Morgan fingerprint density at radius 1 is 0.914 bits per heavy atom. The quantitative estimate of drug-likeness (QED) is 0.220. The van der Waals surface area contributed by atoms with Gasteiger partial charge in [0.25, 0.3) is 5.91 Å². The molecular formula is C28H37BrF3N2O. The number of nitrogens with one attached hydrogen (secondary N) is 2. The van der Waals surface area contributed by atoms with Gasteiger partial charge in [-0.3, -0.25) is 4.79 Å². The third kappa shape index (κ3) is 10.7. The van der Waals surface area contributed by atoms with E-state index in [1.807, 2.05) is 0 Å². The van der Waals surface area contributed by atoms with Crippen LogP contribution in [-0.2, 0) is 12.6 Å². The fourth-order valence-corrected chi connectivity index (χ4v) is 4.55. The van der Waals surface area contributed by atoms with Crippen LogP contribution in [0, 0.1) is 0 Å². The van der Waals surface area contributed by atoms with E-state index in [0.717, 1.165) is 30.5 Å². The summed E-state index contributed by atoms with van der Waals surface area (Å²) in [4.78, 5) is 12.5. The summed E-state index contributed by atoms with van der Waals surface area (Å²) < 4.78 is 38.9. The van der Waals surface area contributed by atoms with Crippen molar-refractivity contribution in [1.29, 1.82) is 0 Å². The van der Waals surface area contributed by atoms with Gasteiger partial charge in [-0.15, -0.1) is 0 Å². The van der Waals surface area contributed by atoms with Crippen LogP contribution in [0.1, 0.15) is 104 Å². The molecule has 0 aromatic heterocycles. The lowest BCUT2D eigenvalue weighted by Gasteiger charge is -2.14. The molecule has 7 heteroatoms. The van der Waals surface area contributed by atoms with Crippen LogP contribution in [0.3, 0.4) is 0 Å².